The molecule has 2 aromatic rings. The van der Waals surface area contributed by atoms with Gasteiger partial charge < -0.3 is 19.7 Å². The van der Waals surface area contributed by atoms with Gasteiger partial charge in [0.25, 0.3) is 0 Å². The van der Waals surface area contributed by atoms with Crippen LogP contribution >= 0.6 is 0 Å². The highest BCUT2D eigenvalue weighted by Gasteiger charge is 2.21. The topological polar surface area (TPSA) is 97.6 Å². The predicted octanol–water partition coefficient (Wildman–Crippen LogP) is 2.87. The summed E-state index contributed by atoms with van der Waals surface area (Å²) in [5, 5.41) is 12.1. The quantitative estimate of drug-likeness (QED) is 0.742. The summed E-state index contributed by atoms with van der Waals surface area (Å²) < 4.78 is 6.70. The molecule has 0 saturated heterocycles. The molecule has 1 aromatic heterocycles. The Labute approximate surface area is 151 Å². The van der Waals surface area contributed by atoms with Gasteiger partial charge in [0.05, 0.1) is 24.2 Å². The Kier molecular flexibility index (Phi) is 6.16. The highest BCUT2D eigenvalue weighted by Crippen LogP contribution is 2.19. The van der Waals surface area contributed by atoms with Gasteiger partial charge in [-0.05, 0) is 44.5 Å². The summed E-state index contributed by atoms with van der Waals surface area (Å²) in [5.74, 6) is -1.88. The van der Waals surface area contributed by atoms with Crippen LogP contribution in [-0.4, -0.2) is 34.1 Å². The number of carboxylic acids is 1. The van der Waals surface area contributed by atoms with E-state index in [1.165, 1.54) is 6.07 Å². The van der Waals surface area contributed by atoms with Gasteiger partial charge in [-0.2, -0.15) is 0 Å². The van der Waals surface area contributed by atoms with Crippen LogP contribution < -0.4 is 5.32 Å². The number of hydrogen-bond donors (Lipinski definition) is 2. The number of benzene rings is 1. The molecule has 0 aliphatic heterocycles. The van der Waals surface area contributed by atoms with Crippen molar-refractivity contribution in [3.8, 4) is 0 Å². The fourth-order valence-electron chi connectivity index (χ4n) is 2.81. The number of hydrogen-bond acceptors (Lipinski definition) is 4. The van der Waals surface area contributed by atoms with Crippen molar-refractivity contribution in [2.45, 2.75) is 33.7 Å². The number of ether oxygens (including phenoxy) is 1. The third-order valence-corrected chi connectivity index (χ3v) is 3.92. The first-order valence-corrected chi connectivity index (χ1v) is 8.36. The first kappa shape index (κ1) is 19.2. The molecule has 7 nitrogen and oxygen atoms in total. The maximum Gasteiger partial charge on any atom is 0.338 e. The number of esters is 1. The van der Waals surface area contributed by atoms with E-state index in [-0.39, 0.29) is 24.5 Å². The van der Waals surface area contributed by atoms with Crippen LogP contribution in [0, 0.1) is 6.92 Å². The molecule has 0 spiro atoms. The standard InChI is InChI=1S/C19H22N2O5/c1-4-21-11-12(3)17(18(23)24)15(21)10-16(22)20-14-8-6-7-13(9-14)19(25)26-5-2/h6-9,11H,4-5,10H2,1-3H3,(H,20,22)(H,23,24). The lowest BCUT2D eigenvalue weighted by molar-refractivity contribution is -0.115. The number of nitrogens with one attached hydrogen (secondary N) is 1. The number of carbonyl (C=O) groups excluding carboxylic acids is 2. The van der Waals surface area contributed by atoms with E-state index in [4.69, 9.17) is 4.74 Å². The summed E-state index contributed by atoms with van der Waals surface area (Å²) in [7, 11) is 0. The van der Waals surface area contributed by atoms with Crippen LogP contribution in [0.4, 0.5) is 5.69 Å². The van der Waals surface area contributed by atoms with E-state index < -0.39 is 11.9 Å². The number of amides is 1. The summed E-state index contributed by atoms with van der Waals surface area (Å²) in [5.41, 5.74) is 2.01. The summed E-state index contributed by atoms with van der Waals surface area (Å²) in [6.45, 7) is 6.14. The van der Waals surface area contributed by atoms with Crippen molar-refractivity contribution in [2.75, 3.05) is 11.9 Å². The molecule has 0 aliphatic rings. The minimum atomic E-state index is -1.05. The number of aryl methyl sites for hydroxylation is 2. The van der Waals surface area contributed by atoms with Crippen molar-refractivity contribution in [1.29, 1.82) is 0 Å². The predicted molar refractivity (Wildman–Crippen MR) is 96.5 cm³/mol. The van der Waals surface area contributed by atoms with Crippen molar-refractivity contribution in [3.63, 3.8) is 0 Å². The van der Waals surface area contributed by atoms with E-state index in [9.17, 15) is 19.5 Å². The van der Waals surface area contributed by atoms with Gasteiger partial charge in [-0.15, -0.1) is 0 Å². The van der Waals surface area contributed by atoms with Gasteiger partial charge in [0, 0.05) is 24.1 Å². The number of carbonyl (C=O) groups is 3. The van der Waals surface area contributed by atoms with Crippen molar-refractivity contribution >= 4 is 23.5 Å². The second-order valence-corrected chi connectivity index (χ2v) is 5.75. The van der Waals surface area contributed by atoms with Crippen molar-refractivity contribution in [2.24, 2.45) is 0 Å². The first-order valence-electron chi connectivity index (χ1n) is 8.36. The van der Waals surface area contributed by atoms with E-state index >= 15 is 0 Å². The zero-order valence-electron chi connectivity index (χ0n) is 15.0. The Balaban J connectivity index is 2.19. The zero-order chi connectivity index (χ0) is 19.3. The minimum absolute atomic E-state index is 0.0764. The van der Waals surface area contributed by atoms with E-state index in [1.54, 1.807) is 42.8 Å². The maximum atomic E-state index is 12.4. The smallest absolute Gasteiger partial charge is 0.338 e. The second-order valence-electron chi connectivity index (χ2n) is 5.75. The monoisotopic (exact) mass is 358 g/mol. The lowest BCUT2D eigenvalue weighted by Crippen LogP contribution is -2.19. The highest BCUT2D eigenvalue weighted by atomic mass is 16.5. The molecule has 26 heavy (non-hydrogen) atoms. The van der Waals surface area contributed by atoms with Crippen LogP contribution in [0.2, 0.25) is 0 Å². The van der Waals surface area contributed by atoms with Crippen LogP contribution in [-0.2, 0) is 22.5 Å². The van der Waals surface area contributed by atoms with Crippen LogP contribution in [0.1, 0.15) is 45.8 Å². The fourth-order valence-corrected chi connectivity index (χ4v) is 2.81. The third kappa shape index (κ3) is 4.30. The second kappa shape index (κ2) is 8.33. The van der Waals surface area contributed by atoms with Gasteiger partial charge >= 0.3 is 11.9 Å². The number of carboxylic acid groups (broad SMARTS) is 1. The van der Waals surface area contributed by atoms with E-state index in [0.717, 1.165) is 0 Å². The summed E-state index contributed by atoms with van der Waals surface area (Å²) in [6, 6.07) is 6.42. The van der Waals surface area contributed by atoms with Gasteiger partial charge in [-0.25, -0.2) is 9.59 Å². The Hall–Kier alpha value is -3.09. The van der Waals surface area contributed by atoms with Crippen molar-refractivity contribution in [1.82, 2.24) is 4.57 Å². The SMILES string of the molecule is CCOC(=O)c1cccc(NC(=O)Cc2c(C(=O)O)c(C)cn2CC)c1. The largest absolute Gasteiger partial charge is 0.478 e. The molecule has 7 heteroatoms. The average Bonchev–Trinajstić information content (AvgIpc) is 2.90. The number of aromatic carboxylic acids is 1. The van der Waals surface area contributed by atoms with Gasteiger partial charge in [-0.3, -0.25) is 4.79 Å². The van der Waals surface area contributed by atoms with E-state index in [1.807, 2.05) is 6.92 Å². The molecule has 2 N–H and O–H groups in total. The molecule has 0 bridgehead atoms. The van der Waals surface area contributed by atoms with E-state index in [2.05, 4.69) is 5.32 Å². The lowest BCUT2D eigenvalue weighted by atomic mass is 10.1. The van der Waals surface area contributed by atoms with Crippen molar-refractivity contribution in [3.05, 3.63) is 52.8 Å². The first-order chi connectivity index (χ1) is 12.4. The Morgan fingerprint density at radius 1 is 1.23 bits per heavy atom. The molecule has 138 valence electrons. The summed E-state index contributed by atoms with van der Waals surface area (Å²) in [6.07, 6.45) is 1.65. The zero-order valence-corrected chi connectivity index (χ0v) is 15.0. The molecule has 1 aromatic carbocycles. The van der Waals surface area contributed by atoms with Crippen LogP contribution in [0.25, 0.3) is 0 Å². The molecule has 0 atom stereocenters. The lowest BCUT2D eigenvalue weighted by Gasteiger charge is -2.10. The molecule has 0 unspecified atom stereocenters. The van der Waals surface area contributed by atoms with Gasteiger partial charge in [-0.1, -0.05) is 6.07 Å². The third-order valence-electron chi connectivity index (χ3n) is 3.92. The Morgan fingerprint density at radius 3 is 2.58 bits per heavy atom. The molecule has 0 aliphatic carbocycles. The molecule has 0 saturated carbocycles. The molecular formula is C19H22N2O5. The Morgan fingerprint density at radius 2 is 1.96 bits per heavy atom. The van der Waals surface area contributed by atoms with Gasteiger partial charge in [0.15, 0.2) is 0 Å². The molecule has 0 fully saturated rings. The number of aromatic nitrogens is 1. The summed E-state index contributed by atoms with van der Waals surface area (Å²) >= 11 is 0. The van der Waals surface area contributed by atoms with Gasteiger partial charge in [0.2, 0.25) is 5.91 Å². The van der Waals surface area contributed by atoms with E-state index in [0.29, 0.717) is 29.1 Å². The van der Waals surface area contributed by atoms with Crippen LogP contribution in [0.3, 0.4) is 0 Å². The normalized spacial score (nSPS) is 10.4. The maximum absolute atomic E-state index is 12.4. The molecule has 2 rings (SSSR count). The fraction of sp³-hybridized carbons (Fsp3) is 0.316. The molecule has 0 radical (unpaired) electrons. The van der Waals surface area contributed by atoms with Crippen molar-refractivity contribution < 1.29 is 24.2 Å². The van der Waals surface area contributed by atoms with Crippen LogP contribution in [0.15, 0.2) is 30.5 Å². The molecule has 1 heterocycles. The number of rotatable bonds is 7. The molecule has 1 amide bonds. The number of anilines is 1. The average molecular weight is 358 g/mol. The van der Waals surface area contributed by atoms with Crippen LogP contribution in [0.5, 0.6) is 0 Å². The van der Waals surface area contributed by atoms with Gasteiger partial charge in [0.1, 0.15) is 0 Å². The number of nitrogens with zero attached hydrogens (tertiary/aromatic N) is 1. The molecular weight excluding hydrogens is 336 g/mol. The summed E-state index contributed by atoms with van der Waals surface area (Å²) in [4.78, 5) is 35.7. The Bertz CT molecular complexity index is 838. The minimum Gasteiger partial charge on any atom is -0.478 e. The highest BCUT2D eigenvalue weighted by molar-refractivity contribution is 5.97.